The standard InChI is InChI=1S/C12H16N2O/c13-9-2-1-3-10(6-9)14-7-11-4-5-12(8-14)15-11/h1-3,6,11-12H,4-5,7-8,13H2. The van der Waals surface area contributed by atoms with Crippen LogP contribution in [0.5, 0.6) is 0 Å². The Kier molecular flexibility index (Phi) is 2.06. The van der Waals surface area contributed by atoms with Gasteiger partial charge in [-0.15, -0.1) is 0 Å². The van der Waals surface area contributed by atoms with E-state index in [0.29, 0.717) is 12.2 Å². The Morgan fingerprint density at radius 3 is 2.60 bits per heavy atom. The second kappa shape index (κ2) is 3.42. The molecule has 0 aromatic heterocycles. The number of fused-ring (bicyclic) bond motifs is 2. The van der Waals surface area contributed by atoms with Crippen LogP contribution in [0.2, 0.25) is 0 Å². The van der Waals surface area contributed by atoms with E-state index in [4.69, 9.17) is 10.5 Å². The Morgan fingerprint density at radius 1 is 1.20 bits per heavy atom. The molecular formula is C12H16N2O. The van der Waals surface area contributed by atoms with Gasteiger partial charge in [0.05, 0.1) is 12.2 Å². The van der Waals surface area contributed by atoms with Crippen molar-refractivity contribution in [2.75, 3.05) is 23.7 Å². The summed E-state index contributed by atoms with van der Waals surface area (Å²) in [6, 6.07) is 8.12. The summed E-state index contributed by atoms with van der Waals surface area (Å²) in [6.07, 6.45) is 3.29. The van der Waals surface area contributed by atoms with Gasteiger partial charge in [0, 0.05) is 24.5 Å². The van der Waals surface area contributed by atoms with Gasteiger partial charge in [-0.2, -0.15) is 0 Å². The number of hydrogen-bond acceptors (Lipinski definition) is 3. The molecule has 80 valence electrons. The largest absolute Gasteiger partial charge is 0.399 e. The van der Waals surface area contributed by atoms with E-state index in [1.165, 1.54) is 18.5 Å². The Balaban J connectivity index is 1.83. The van der Waals surface area contributed by atoms with E-state index in [0.717, 1.165) is 18.8 Å². The lowest BCUT2D eigenvalue weighted by molar-refractivity contribution is 0.0305. The van der Waals surface area contributed by atoms with Crippen LogP contribution in [-0.2, 0) is 4.74 Å². The molecule has 3 rings (SSSR count). The van der Waals surface area contributed by atoms with Crippen LogP contribution >= 0.6 is 0 Å². The molecule has 3 heteroatoms. The predicted molar refractivity (Wildman–Crippen MR) is 61.0 cm³/mol. The van der Waals surface area contributed by atoms with Gasteiger partial charge in [-0.1, -0.05) is 6.07 Å². The molecule has 2 atom stereocenters. The molecule has 2 aliphatic rings. The van der Waals surface area contributed by atoms with Crippen LogP contribution in [0.15, 0.2) is 24.3 Å². The maximum absolute atomic E-state index is 5.81. The minimum Gasteiger partial charge on any atom is -0.399 e. The third-order valence-corrected chi connectivity index (χ3v) is 3.28. The SMILES string of the molecule is Nc1cccc(N2CC3CCC(C2)O3)c1. The van der Waals surface area contributed by atoms with Crippen molar-refractivity contribution < 1.29 is 4.74 Å². The summed E-state index contributed by atoms with van der Waals surface area (Å²) in [5.74, 6) is 0. The zero-order valence-electron chi connectivity index (χ0n) is 8.73. The second-order valence-electron chi connectivity index (χ2n) is 4.46. The van der Waals surface area contributed by atoms with E-state index in [1.54, 1.807) is 0 Å². The van der Waals surface area contributed by atoms with E-state index < -0.39 is 0 Å². The molecule has 1 aromatic carbocycles. The number of nitrogen functional groups attached to an aromatic ring is 1. The minimum absolute atomic E-state index is 0.435. The van der Waals surface area contributed by atoms with Crippen LogP contribution < -0.4 is 10.6 Å². The average Bonchev–Trinajstić information content (AvgIpc) is 2.58. The fraction of sp³-hybridized carbons (Fsp3) is 0.500. The number of benzene rings is 1. The molecule has 2 aliphatic heterocycles. The molecule has 1 aromatic rings. The van der Waals surface area contributed by atoms with E-state index in [-0.39, 0.29) is 0 Å². The van der Waals surface area contributed by atoms with Crippen LogP contribution in [0.4, 0.5) is 11.4 Å². The van der Waals surface area contributed by atoms with E-state index in [2.05, 4.69) is 11.0 Å². The van der Waals surface area contributed by atoms with Gasteiger partial charge in [0.15, 0.2) is 0 Å². The quantitative estimate of drug-likeness (QED) is 0.707. The summed E-state index contributed by atoms with van der Waals surface area (Å²) in [6.45, 7) is 2.03. The molecule has 0 aliphatic carbocycles. The highest BCUT2D eigenvalue weighted by Gasteiger charge is 2.33. The zero-order valence-corrected chi connectivity index (χ0v) is 8.73. The first-order valence-electron chi connectivity index (χ1n) is 5.57. The molecule has 2 N–H and O–H groups in total. The van der Waals surface area contributed by atoms with Crippen LogP contribution in [0.1, 0.15) is 12.8 Å². The van der Waals surface area contributed by atoms with Crippen molar-refractivity contribution in [1.29, 1.82) is 0 Å². The molecule has 3 nitrogen and oxygen atoms in total. The number of ether oxygens (including phenoxy) is 1. The van der Waals surface area contributed by atoms with Crippen LogP contribution in [0, 0.1) is 0 Å². The first-order chi connectivity index (χ1) is 7.31. The fourth-order valence-electron chi connectivity index (χ4n) is 2.55. The molecule has 2 heterocycles. The van der Waals surface area contributed by atoms with Gasteiger partial charge >= 0.3 is 0 Å². The van der Waals surface area contributed by atoms with Gasteiger partial charge in [0.25, 0.3) is 0 Å². The van der Waals surface area contributed by atoms with Crippen molar-refractivity contribution in [2.45, 2.75) is 25.0 Å². The highest BCUT2D eigenvalue weighted by molar-refractivity contribution is 5.56. The van der Waals surface area contributed by atoms with Gasteiger partial charge in [0.2, 0.25) is 0 Å². The number of nitrogens with zero attached hydrogens (tertiary/aromatic N) is 1. The van der Waals surface area contributed by atoms with Crippen molar-refractivity contribution in [3.8, 4) is 0 Å². The Bertz CT molecular complexity index is 354. The third-order valence-electron chi connectivity index (χ3n) is 3.28. The maximum atomic E-state index is 5.81. The summed E-state index contributed by atoms with van der Waals surface area (Å²) in [7, 11) is 0. The zero-order chi connectivity index (χ0) is 10.3. The summed E-state index contributed by atoms with van der Waals surface area (Å²) in [4.78, 5) is 2.39. The summed E-state index contributed by atoms with van der Waals surface area (Å²) in [5, 5.41) is 0. The number of nitrogens with two attached hydrogens (primary N) is 1. The highest BCUT2D eigenvalue weighted by atomic mass is 16.5. The molecular weight excluding hydrogens is 188 g/mol. The number of rotatable bonds is 1. The second-order valence-corrected chi connectivity index (χ2v) is 4.46. The van der Waals surface area contributed by atoms with Crippen LogP contribution in [0.3, 0.4) is 0 Å². The number of anilines is 2. The molecule has 0 saturated carbocycles. The minimum atomic E-state index is 0.435. The van der Waals surface area contributed by atoms with Crippen molar-refractivity contribution >= 4 is 11.4 Å². The predicted octanol–water partition coefficient (Wildman–Crippen LogP) is 1.64. The van der Waals surface area contributed by atoms with Crippen molar-refractivity contribution in [3.63, 3.8) is 0 Å². The lowest BCUT2D eigenvalue weighted by atomic mass is 10.2. The smallest absolute Gasteiger partial charge is 0.0755 e. The molecule has 2 saturated heterocycles. The summed E-state index contributed by atoms with van der Waals surface area (Å²) >= 11 is 0. The lowest BCUT2D eigenvalue weighted by Gasteiger charge is -2.33. The van der Waals surface area contributed by atoms with Gasteiger partial charge in [-0.05, 0) is 31.0 Å². The highest BCUT2D eigenvalue weighted by Crippen LogP contribution is 2.30. The third kappa shape index (κ3) is 1.67. The Hall–Kier alpha value is -1.22. The van der Waals surface area contributed by atoms with Gasteiger partial charge in [0.1, 0.15) is 0 Å². The Labute approximate surface area is 89.8 Å². The summed E-state index contributed by atoms with van der Waals surface area (Å²) in [5.41, 5.74) is 7.86. The van der Waals surface area contributed by atoms with Gasteiger partial charge in [-0.3, -0.25) is 0 Å². The molecule has 0 radical (unpaired) electrons. The van der Waals surface area contributed by atoms with Crippen molar-refractivity contribution in [2.24, 2.45) is 0 Å². The van der Waals surface area contributed by atoms with E-state index in [1.807, 2.05) is 18.2 Å². The van der Waals surface area contributed by atoms with Crippen molar-refractivity contribution in [1.82, 2.24) is 0 Å². The first kappa shape index (κ1) is 9.04. The lowest BCUT2D eigenvalue weighted by Crippen LogP contribution is -2.42. The van der Waals surface area contributed by atoms with Crippen LogP contribution in [-0.4, -0.2) is 25.3 Å². The topological polar surface area (TPSA) is 38.5 Å². The molecule has 2 fully saturated rings. The van der Waals surface area contributed by atoms with E-state index in [9.17, 15) is 0 Å². The average molecular weight is 204 g/mol. The van der Waals surface area contributed by atoms with Gasteiger partial charge in [-0.25, -0.2) is 0 Å². The molecule has 2 bridgehead atoms. The Morgan fingerprint density at radius 2 is 1.93 bits per heavy atom. The number of morpholine rings is 1. The molecule has 0 spiro atoms. The van der Waals surface area contributed by atoms with Gasteiger partial charge < -0.3 is 15.4 Å². The maximum Gasteiger partial charge on any atom is 0.0755 e. The number of hydrogen-bond donors (Lipinski definition) is 1. The van der Waals surface area contributed by atoms with Crippen LogP contribution in [0.25, 0.3) is 0 Å². The molecule has 15 heavy (non-hydrogen) atoms. The summed E-state index contributed by atoms with van der Waals surface area (Å²) < 4.78 is 5.81. The van der Waals surface area contributed by atoms with E-state index >= 15 is 0 Å². The monoisotopic (exact) mass is 204 g/mol. The normalized spacial score (nSPS) is 29.5. The fourth-order valence-corrected chi connectivity index (χ4v) is 2.55. The van der Waals surface area contributed by atoms with Crippen molar-refractivity contribution in [3.05, 3.63) is 24.3 Å². The molecule has 2 unspecified atom stereocenters. The first-order valence-corrected chi connectivity index (χ1v) is 5.57. The molecule has 0 amide bonds.